The molecule has 2 fully saturated rings. The Bertz CT molecular complexity index is 193. The van der Waals surface area contributed by atoms with Crippen molar-refractivity contribution in [3.8, 4) is 0 Å². The average molecular weight is 210 g/mol. The van der Waals surface area contributed by atoms with E-state index in [1.807, 2.05) is 0 Å². The Morgan fingerprint density at radius 3 is 2.87 bits per heavy atom. The van der Waals surface area contributed by atoms with Crippen molar-refractivity contribution >= 4 is 0 Å². The van der Waals surface area contributed by atoms with Gasteiger partial charge in [-0.3, -0.25) is 4.90 Å². The molecule has 0 aromatic carbocycles. The van der Waals surface area contributed by atoms with Crippen LogP contribution >= 0.6 is 0 Å². The maximum atomic E-state index is 3.65. The van der Waals surface area contributed by atoms with Crippen LogP contribution in [0.25, 0.3) is 0 Å². The van der Waals surface area contributed by atoms with Gasteiger partial charge < -0.3 is 5.32 Å². The third-order valence-corrected chi connectivity index (χ3v) is 4.19. The van der Waals surface area contributed by atoms with Gasteiger partial charge in [0.2, 0.25) is 0 Å². The van der Waals surface area contributed by atoms with Gasteiger partial charge >= 0.3 is 0 Å². The highest BCUT2D eigenvalue weighted by Gasteiger charge is 2.28. The van der Waals surface area contributed by atoms with E-state index in [-0.39, 0.29) is 0 Å². The van der Waals surface area contributed by atoms with E-state index in [1.165, 1.54) is 51.7 Å². The zero-order valence-corrected chi connectivity index (χ0v) is 10.3. The van der Waals surface area contributed by atoms with Crippen molar-refractivity contribution in [2.45, 2.75) is 58.0 Å². The fraction of sp³-hybridized carbons (Fsp3) is 1.00. The maximum Gasteiger partial charge on any atom is 0.0192 e. The van der Waals surface area contributed by atoms with Crippen LogP contribution in [0.2, 0.25) is 0 Å². The fourth-order valence-corrected chi connectivity index (χ4v) is 3.14. The fourth-order valence-electron chi connectivity index (χ4n) is 3.14. The Kier molecular flexibility index (Phi) is 4.04. The Morgan fingerprint density at radius 1 is 1.33 bits per heavy atom. The molecule has 0 bridgehead atoms. The third-order valence-electron chi connectivity index (χ3n) is 4.19. The van der Waals surface area contributed by atoms with Crippen LogP contribution in [0.5, 0.6) is 0 Å². The Balaban J connectivity index is 1.89. The van der Waals surface area contributed by atoms with E-state index in [0.29, 0.717) is 0 Å². The number of rotatable bonds is 2. The minimum absolute atomic E-state index is 0.739. The summed E-state index contributed by atoms with van der Waals surface area (Å²) in [5.41, 5.74) is 0. The number of hydrogen-bond acceptors (Lipinski definition) is 2. The molecule has 2 aliphatic rings. The first-order valence-corrected chi connectivity index (χ1v) is 6.77. The van der Waals surface area contributed by atoms with Crippen LogP contribution in [0.3, 0.4) is 0 Å². The summed E-state index contributed by atoms with van der Waals surface area (Å²) in [6, 6.07) is 1.64. The van der Waals surface area contributed by atoms with Crippen LogP contribution in [0.4, 0.5) is 0 Å². The van der Waals surface area contributed by atoms with Gasteiger partial charge in [0.25, 0.3) is 0 Å². The molecule has 2 rings (SSSR count). The van der Waals surface area contributed by atoms with E-state index < -0.39 is 0 Å². The number of nitrogens with one attached hydrogen (secondary N) is 1. The van der Waals surface area contributed by atoms with Crippen LogP contribution in [-0.4, -0.2) is 36.6 Å². The van der Waals surface area contributed by atoms with Gasteiger partial charge in [-0.25, -0.2) is 0 Å². The summed E-state index contributed by atoms with van der Waals surface area (Å²) in [5.74, 6) is 0.964. The SMILES string of the molecule is CCC1CN(C2CCC(C)C2)CCCN1. The molecule has 3 atom stereocenters. The van der Waals surface area contributed by atoms with Crippen LogP contribution < -0.4 is 5.32 Å². The van der Waals surface area contributed by atoms with Crippen molar-refractivity contribution in [3.63, 3.8) is 0 Å². The summed E-state index contributed by atoms with van der Waals surface area (Å²) in [6.07, 6.45) is 6.94. The third kappa shape index (κ3) is 2.94. The van der Waals surface area contributed by atoms with Gasteiger partial charge in [-0.05, 0) is 51.1 Å². The van der Waals surface area contributed by atoms with Crippen molar-refractivity contribution < 1.29 is 0 Å². The second-order valence-electron chi connectivity index (χ2n) is 5.48. The van der Waals surface area contributed by atoms with Gasteiger partial charge in [-0.1, -0.05) is 13.8 Å². The second-order valence-corrected chi connectivity index (χ2v) is 5.48. The number of hydrogen-bond donors (Lipinski definition) is 1. The van der Waals surface area contributed by atoms with Crippen molar-refractivity contribution in [1.29, 1.82) is 0 Å². The molecule has 0 aromatic heterocycles. The standard InChI is InChI=1S/C13H26N2/c1-3-12-10-15(8-4-7-14-12)13-6-5-11(2)9-13/h11-14H,3-10H2,1-2H3. The molecule has 1 N–H and O–H groups in total. The smallest absolute Gasteiger partial charge is 0.0192 e. The van der Waals surface area contributed by atoms with E-state index in [9.17, 15) is 0 Å². The van der Waals surface area contributed by atoms with Crippen molar-refractivity contribution in [3.05, 3.63) is 0 Å². The van der Waals surface area contributed by atoms with Crippen molar-refractivity contribution in [2.24, 2.45) is 5.92 Å². The Morgan fingerprint density at radius 2 is 2.20 bits per heavy atom. The van der Waals surface area contributed by atoms with Gasteiger partial charge in [-0.15, -0.1) is 0 Å². The topological polar surface area (TPSA) is 15.3 Å². The molecule has 2 nitrogen and oxygen atoms in total. The van der Waals surface area contributed by atoms with Crippen LogP contribution in [-0.2, 0) is 0 Å². The molecular formula is C13H26N2. The molecule has 1 heterocycles. The van der Waals surface area contributed by atoms with E-state index in [2.05, 4.69) is 24.1 Å². The van der Waals surface area contributed by atoms with Gasteiger partial charge in [0.1, 0.15) is 0 Å². The molecule has 0 amide bonds. The highest BCUT2D eigenvalue weighted by molar-refractivity contribution is 4.85. The molecule has 0 spiro atoms. The summed E-state index contributed by atoms with van der Waals surface area (Å²) in [4.78, 5) is 2.76. The van der Waals surface area contributed by atoms with Crippen molar-refractivity contribution in [2.75, 3.05) is 19.6 Å². The lowest BCUT2D eigenvalue weighted by molar-refractivity contribution is 0.190. The zero-order chi connectivity index (χ0) is 10.7. The molecule has 1 aliphatic heterocycles. The van der Waals surface area contributed by atoms with E-state index >= 15 is 0 Å². The summed E-state index contributed by atoms with van der Waals surface area (Å²) in [7, 11) is 0. The summed E-state index contributed by atoms with van der Waals surface area (Å²) in [5, 5.41) is 3.65. The monoisotopic (exact) mass is 210 g/mol. The van der Waals surface area contributed by atoms with Gasteiger partial charge in [0.15, 0.2) is 0 Å². The maximum absolute atomic E-state index is 3.65. The molecule has 1 saturated carbocycles. The normalized spacial score (nSPS) is 39.2. The van der Waals surface area contributed by atoms with Crippen molar-refractivity contribution in [1.82, 2.24) is 10.2 Å². The highest BCUT2D eigenvalue weighted by Crippen LogP contribution is 2.29. The van der Waals surface area contributed by atoms with E-state index in [0.717, 1.165) is 18.0 Å². The summed E-state index contributed by atoms with van der Waals surface area (Å²) < 4.78 is 0. The number of nitrogens with zero attached hydrogens (tertiary/aromatic N) is 1. The first-order chi connectivity index (χ1) is 7.29. The van der Waals surface area contributed by atoms with Gasteiger partial charge in [0.05, 0.1) is 0 Å². The molecule has 3 unspecified atom stereocenters. The van der Waals surface area contributed by atoms with Gasteiger partial charge in [0, 0.05) is 18.6 Å². The molecular weight excluding hydrogens is 184 g/mol. The van der Waals surface area contributed by atoms with Gasteiger partial charge in [-0.2, -0.15) is 0 Å². The molecule has 88 valence electrons. The first kappa shape index (κ1) is 11.4. The average Bonchev–Trinajstić information content (AvgIpc) is 2.54. The first-order valence-electron chi connectivity index (χ1n) is 6.77. The Labute approximate surface area is 94.4 Å². The van der Waals surface area contributed by atoms with E-state index in [1.54, 1.807) is 0 Å². The molecule has 2 heteroatoms. The molecule has 0 aromatic rings. The van der Waals surface area contributed by atoms with E-state index in [4.69, 9.17) is 0 Å². The minimum Gasteiger partial charge on any atom is -0.313 e. The Hall–Kier alpha value is -0.0800. The highest BCUT2D eigenvalue weighted by atomic mass is 15.2. The quantitative estimate of drug-likeness (QED) is 0.752. The predicted octanol–water partition coefficient (Wildman–Crippen LogP) is 2.25. The van der Waals surface area contributed by atoms with Crippen LogP contribution in [0.15, 0.2) is 0 Å². The lowest BCUT2D eigenvalue weighted by atomic mass is 10.1. The van der Waals surface area contributed by atoms with Crippen LogP contribution in [0.1, 0.15) is 46.0 Å². The summed E-state index contributed by atoms with van der Waals surface area (Å²) >= 11 is 0. The lowest BCUT2D eigenvalue weighted by Gasteiger charge is -2.29. The molecule has 15 heavy (non-hydrogen) atoms. The lowest BCUT2D eigenvalue weighted by Crippen LogP contribution is -2.41. The molecule has 1 aliphatic carbocycles. The molecule has 0 radical (unpaired) electrons. The summed E-state index contributed by atoms with van der Waals surface area (Å²) in [6.45, 7) is 8.54. The minimum atomic E-state index is 0.739. The second kappa shape index (κ2) is 5.31. The largest absolute Gasteiger partial charge is 0.313 e. The van der Waals surface area contributed by atoms with Crippen LogP contribution in [0, 0.1) is 5.92 Å². The molecule has 1 saturated heterocycles. The zero-order valence-electron chi connectivity index (χ0n) is 10.3. The predicted molar refractivity (Wildman–Crippen MR) is 65.1 cm³/mol.